The monoisotopic (exact) mass is 141 g/mol. The van der Waals surface area contributed by atoms with Crippen LogP contribution in [-0.2, 0) is 0 Å². The molecule has 0 aromatic heterocycles. The van der Waals surface area contributed by atoms with E-state index in [9.17, 15) is 0 Å². The third kappa shape index (κ3) is 3.25. The van der Waals surface area contributed by atoms with Crippen LogP contribution in [0.5, 0.6) is 0 Å². The second-order valence-corrected chi connectivity index (χ2v) is 2.18. The van der Waals surface area contributed by atoms with Gasteiger partial charge in [-0.3, -0.25) is 5.01 Å². The molecule has 0 amide bonds. The highest BCUT2D eigenvalue weighted by Gasteiger charge is 1.94. The van der Waals surface area contributed by atoms with Gasteiger partial charge in [0.05, 0.1) is 0 Å². The number of allylic oxidation sites excluding steroid dienone is 1. The highest BCUT2D eigenvalue weighted by molar-refractivity contribution is 5.79. The van der Waals surface area contributed by atoms with E-state index in [4.69, 9.17) is 0 Å². The average molecular weight is 141 g/mol. The van der Waals surface area contributed by atoms with Gasteiger partial charge >= 0.3 is 0 Å². The Labute approximate surface area is 62.4 Å². The number of hydrogen-bond donors (Lipinski definition) is 1. The predicted octanol–water partition coefficient (Wildman–Crippen LogP) is 1.00. The Morgan fingerprint density at radius 3 is 2.30 bits per heavy atom. The van der Waals surface area contributed by atoms with Crippen molar-refractivity contribution in [1.82, 2.24) is 10.4 Å². The van der Waals surface area contributed by atoms with Crippen LogP contribution in [0.15, 0.2) is 17.3 Å². The van der Waals surface area contributed by atoms with Crippen molar-refractivity contribution in [3.63, 3.8) is 0 Å². The SMILES string of the molecule is C=C(C)N=C(C)N(C)NC. The Kier molecular flexibility index (Phi) is 3.72. The van der Waals surface area contributed by atoms with Crippen molar-refractivity contribution < 1.29 is 0 Å². The van der Waals surface area contributed by atoms with Gasteiger partial charge in [0, 0.05) is 19.8 Å². The summed E-state index contributed by atoms with van der Waals surface area (Å²) in [5.74, 6) is 0.912. The third-order valence-corrected chi connectivity index (χ3v) is 1.17. The van der Waals surface area contributed by atoms with Crippen LogP contribution < -0.4 is 5.43 Å². The minimum Gasteiger partial charge on any atom is -0.299 e. The van der Waals surface area contributed by atoms with Crippen LogP contribution in [0.25, 0.3) is 0 Å². The minimum atomic E-state index is 0.819. The van der Waals surface area contributed by atoms with E-state index in [1.54, 1.807) is 0 Å². The summed E-state index contributed by atoms with van der Waals surface area (Å²) >= 11 is 0. The van der Waals surface area contributed by atoms with Crippen molar-refractivity contribution in [2.45, 2.75) is 13.8 Å². The van der Waals surface area contributed by atoms with Crippen molar-refractivity contribution in [1.29, 1.82) is 0 Å². The van der Waals surface area contributed by atoms with E-state index in [0.717, 1.165) is 11.5 Å². The maximum absolute atomic E-state index is 4.13. The summed E-state index contributed by atoms with van der Waals surface area (Å²) in [6, 6.07) is 0. The van der Waals surface area contributed by atoms with E-state index < -0.39 is 0 Å². The van der Waals surface area contributed by atoms with Gasteiger partial charge in [-0.25, -0.2) is 10.4 Å². The van der Waals surface area contributed by atoms with E-state index in [1.165, 1.54) is 0 Å². The second kappa shape index (κ2) is 4.06. The van der Waals surface area contributed by atoms with Gasteiger partial charge in [-0.15, -0.1) is 0 Å². The molecule has 10 heavy (non-hydrogen) atoms. The van der Waals surface area contributed by atoms with E-state index in [-0.39, 0.29) is 0 Å². The van der Waals surface area contributed by atoms with Crippen LogP contribution >= 0.6 is 0 Å². The van der Waals surface area contributed by atoms with E-state index >= 15 is 0 Å². The van der Waals surface area contributed by atoms with Crippen LogP contribution in [0.2, 0.25) is 0 Å². The Balaban J connectivity index is 4.04. The summed E-state index contributed by atoms with van der Waals surface area (Å²) in [6.07, 6.45) is 0. The maximum atomic E-state index is 4.13. The fourth-order valence-corrected chi connectivity index (χ4v) is 0.513. The average Bonchev–Trinajstić information content (AvgIpc) is 1.85. The number of hydrogen-bond acceptors (Lipinski definition) is 2. The number of nitrogens with one attached hydrogen (secondary N) is 1. The zero-order valence-corrected chi connectivity index (χ0v) is 7.10. The van der Waals surface area contributed by atoms with Gasteiger partial charge in [-0.1, -0.05) is 6.58 Å². The molecule has 0 aliphatic heterocycles. The molecule has 3 nitrogen and oxygen atoms in total. The van der Waals surface area contributed by atoms with Gasteiger partial charge in [0.25, 0.3) is 0 Å². The first-order chi connectivity index (χ1) is 4.57. The molecular formula is C7H15N3. The lowest BCUT2D eigenvalue weighted by molar-refractivity contribution is 0.406. The quantitative estimate of drug-likeness (QED) is 0.353. The van der Waals surface area contributed by atoms with Gasteiger partial charge in [0.1, 0.15) is 5.84 Å². The molecule has 0 aromatic rings. The van der Waals surface area contributed by atoms with E-state index in [1.807, 2.05) is 33.0 Å². The van der Waals surface area contributed by atoms with Crippen molar-refractivity contribution in [3.8, 4) is 0 Å². The molecule has 0 radical (unpaired) electrons. The molecular weight excluding hydrogens is 126 g/mol. The summed E-state index contributed by atoms with van der Waals surface area (Å²) in [5, 5.41) is 1.83. The van der Waals surface area contributed by atoms with Gasteiger partial charge in [0.15, 0.2) is 0 Å². The number of amidine groups is 1. The van der Waals surface area contributed by atoms with Gasteiger partial charge in [-0.05, 0) is 13.8 Å². The lowest BCUT2D eigenvalue weighted by atomic mass is 10.5. The standard InChI is InChI=1S/C7H15N3/c1-6(2)9-7(3)10(5)8-4/h8H,1H2,2-5H3. The number of nitrogens with zero attached hydrogens (tertiary/aromatic N) is 2. The fourth-order valence-electron chi connectivity index (χ4n) is 0.513. The molecule has 0 aliphatic carbocycles. The Morgan fingerprint density at radius 2 is 2.00 bits per heavy atom. The third-order valence-electron chi connectivity index (χ3n) is 1.17. The van der Waals surface area contributed by atoms with Crippen molar-refractivity contribution in [2.75, 3.05) is 14.1 Å². The van der Waals surface area contributed by atoms with Crippen LogP contribution in [-0.4, -0.2) is 24.9 Å². The first-order valence-electron chi connectivity index (χ1n) is 3.20. The molecule has 0 rings (SSSR count). The highest BCUT2D eigenvalue weighted by atomic mass is 15.5. The Hall–Kier alpha value is -0.830. The fraction of sp³-hybridized carbons (Fsp3) is 0.571. The predicted molar refractivity (Wildman–Crippen MR) is 44.7 cm³/mol. The van der Waals surface area contributed by atoms with Crippen molar-refractivity contribution in [2.24, 2.45) is 4.99 Å². The first kappa shape index (κ1) is 9.17. The lowest BCUT2D eigenvalue weighted by Gasteiger charge is -2.16. The molecule has 0 saturated heterocycles. The number of hydrazine groups is 1. The molecule has 0 bridgehead atoms. The van der Waals surface area contributed by atoms with Crippen LogP contribution in [0.4, 0.5) is 0 Å². The van der Waals surface area contributed by atoms with Gasteiger partial charge in [-0.2, -0.15) is 0 Å². The molecule has 58 valence electrons. The lowest BCUT2D eigenvalue weighted by Crippen LogP contribution is -2.35. The minimum absolute atomic E-state index is 0.819. The van der Waals surface area contributed by atoms with E-state index in [0.29, 0.717) is 0 Å². The van der Waals surface area contributed by atoms with Crippen molar-refractivity contribution in [3.05, 3.63) is 12.3 Å². The molecule has 0 aromatic carbocycles. The summed E-state index contributed by atoms with van der Waals surface area (Å²) < 4.78 is 0. The number of aliphatic imine (C=N–C) groups is 1. The largest absolute Gasteiger partial charge is 0.299 e. The smallest absolute Gasteiger partial charge is 0.115 e. The second-order valence-electron chi connectivity index (χ2n) is 2.18. The molecule has 0 fully saturated rings. The molecule has 0 spiro atoms. The molecule has 1 N–H and O–H groups in total. The summed E-state index contributed by atoms with van der Waals surface area (Å²) in [6.45, 7) is 7.46. The zero-order valence-electron chi connectivity index (χ0n) is 7.10. The van der Waals surface area contributed by atoms with Gasteiger partial charge < -0.3 is 0 Å². The normalized spacial score (nSPS) is 11.4. The Morgan fingerprint density at radius 1 is 1.50 bits per heavy atom. The first-order valence-corrected chi connectivity index (χ1v) is 3.20. The molecule has 0 saturated carbocycles. The summed E-state index contributed by atoms with van der Waals surface area (Å²) in [7, 11) is 3.75. The molecule has 0 unspecified atom stereocenters. The molecule has 3 heteroatoms. The van der Waals surface area contributed by atoms with Gasteiger partial charge in [0.2, 0.25) is 0 Å². The van der Waals surface area contributed by atoms with Crippen LogP contribution in [0.3, 0.4) is 0 Å². The molecule has 0 aliphatic rings. The summed E-state index contributed by atoms with van der Waals surface area (Å²) in [4.78, 5) is 4.13. The van der Waals surface area contributed by atoms with Crippen LogP contribution in [0.1, 0.15) is 13.8 Å². The van der Waals surface area contributed by atoms with Crippen LogP contribution in [0, 0.1) is 0 Å². The van der Waals surface area contributed by atoms with E-state index in [2.05, 4.69) is 17.0 Å². The molecule has 0 heterocycles. The van der Waals surface area contributed by atoms with Crippen molar-refractivity contribution >= 4 is 5.84 Å². The Bertz CT molecular complexity index is 149. The highest BCUT2D eigenvalue weighted by Crippen LogP contribution is 1.91. The summed E-state index contributed by atoms with van der Waals surface area (Å²) in [5.41, 5.74) is 3.75. The topological polar surface area (TPSA) is 27.6 Å². The number of rotatable bonds is 2. The maximum Gasteiger partial charge on any atom is 0.115 e. The zero-order chi connectivity index (χ0) is 8.15. The molecule has 0 atom stereocenters.